The van der Waals surface area contributed by atoms with E-state index in [4.69, 9.17) is 10.5 Å². The number of ether oxygens (including phenoxy) is 1. The molecule has 3 aromatic rings. The highest BCUT2D eigenvalue weighted by Gasteiger charge is 2.15. The van der Waals surface area contributed by atoms with Gasteiger partial charge in [-0.1, -0.05) is 12.1 Å². The first-order chi connectivity index (χ1) is 10.2. The van der Waals surface area contributed by atoms with E-state index in [0.717, 1.165) is 16.5 Å². The van der Waals surface area contributed by atoms with Gasteiger partial charge in [-0.05, 0) is 42.0 Å². The molecule has 0 aliphatic rings. The number of fused-ring (bicyclic) bond motifs is 1. The highest BCUT2D eigenvalue weighted by atomic mass is 19.1. The number of benzene rings is 2. The number of hydrogen-bond acceptors (Lipinski definition) is 3. The summed E-state index contributed by atoms with van der Waals surface area (Å²) in [5, 5.41) is 1.00. The van der Waals surface area contributed by atoms with Crippen LogP contribution in [-0.2, 0) is 0 Å². The number of nitrogens with zero attached hydrogens (tertiary/aromatic N) is 1. The van der Waals surface area contributed by atoms with Crippen LogP contribution in [0.5, 0.6) is 5.75 Å². The second kappa shape index (κ2) is 5.50. The third kappa shape index (κ3) is 2.58. The fourth-order valence-electron chi connectivity index (χ4n) is 2.42. The summed E-state index contributed by atoms with van der Waals surface area (Å²) in [7, 11) is 1.55. The summed E-state index contributed by atoms with van der Waals surface area (Å²) in [6.45, 7) is 0. The molecule has 4 heteroatoms. The van der Waals surface area contributed by atoms with Gasteiger partial charge in [-0.3, -0.25) is 4.98 Å². The number of hydrogen-bond donors (Lipinski definition) is 1. The van der Waals surface area contributed by atoms with E-state index >= 15 is 0 Å². The number of methoxy groups -OCH3 is 1. The highest BCUT2D eigenvalue weighted by molar-refractivity contribution is 5.79. The molecule has 2 N–H and O–H groups in total. The molecule has 106 valence electrons. The molecular formula is C17H15FN2O. The summed E-state index contributed by atoms with van der Waals surface area (Å²) < 4.78 is 18.8. The number of halogens is 1. The Morgan fingerprint density at radius 3 is 2.81 bits per heavy atom. The van der Waals surface area contributed by atoms with Gasteiger partial charge in [0.05, 0.1) is 18.7 Å². The van der Waals surface area contributed by atoms with E-state index in [1.807, 2.05) is 30.3 Å². The zero-order valence-electron chi connectivity index (χ0n) is 11.6. The summed E-state index contributed by atoms with van der Waals surface area (Å²) in [5.74, 6) is 0.249. The summed E-state index contributed by atoms with van der Waals surface area (Å²) >= 11 is 0. The van der Waals surface area contributed by atoms with Gasteiger partial charge in [0.25, 0.3) is 0 Å². The monoisotopic (exact) mass is 282 g/mol. The van der Waals surface area contributed by atoms with E-state index in [0.29, 0.717) is 11.3 Å². The van der Waals surface area contributed by atoms with Crippen LogP contribution in [0.3, 0.4) is 0 Å². The van der Waals surface area contributed by atoms with Crippen LogP contribution >= 0.6 is 0 Å². The molecule has 0 amide bonds. The van der Waals surface area contributed by atoms with Crippen LogP contribution < -0.4 is 10.5 Å². The Morgan fingerprint density at radius 1 is 1.14 bits per heavy atom. The molecule has 1 unspecified atom stereocenters. The van der Waals surface area contributed by atoms with E-state index in [2.05, 4.69) is 4.98 Å². The highest BCUT2D eigenvalue weighted by Crippen LogP contribution is 2.30. The molecule has 0 saturated carbocycles. The first kappa shape index (κ1) is 13.5. The molecule has 0 fully saturated rings. The number of aromatic nitrogens is 1. The molecule has 0 spiro atoms. The Hall–Kier alpha value is -2.46. The minimum absolute atomic E-state index is 0.330. The van der Waals surface area contributed by atoms with Crippen LogP contribution in [0, 0.1) is 5.82 Å². The maximum absolute atomic E-state index is 13.5. The summed E-state index contributed by atoms with van der Waals surface area (Å²) in [5.41, 5.74) is 8.70. The molecule has 3 nitrogen and oxygen atoms in total. The third-order valence-electron chi connectivity index (χ3n) is 3.51. The van der Waals surface area contributed by atoms with Crippen LogP contribution in [0.25, 0.3) is 10.9 Å². The van der Waals surface area contributed by atoms with Crippen LogP contribution in [0.2, 0.25) is 0 Å². The average molecular weight is 282 g/mol. The summed E-state index contributed by atoms with van der Waals surface area (Å²) in [4.78, 5) is 4.28. The molecule has 0 aliphatic carbocycles. The zero-order valence-corrected chi connectivity index (χ0v) is 11.6. The molecule has 1 heterocycles. The lowest BCUT2D eigenvalue weighted by Crippen LogP contribution is -2.13. The Balaban J connectivity index is 2.07. The SMILES string of the molecule is COc1ccc(F)cc1C(N)c1ccc2ncccc2c1. The zero-order chi connectivity index (χ0) is 14.8. The molecule has 1 aromatic heterocycles. The fourth-order valence-corrected chi connectivity index (χ4v) is 2.42. The van der Waals surface area contributed by atoms with Crippen molar-refractivity contribution in [3.63, 3.8) is 0 Å². The van der Waals surface area contributed by atoms with E-state index in [-0.39, 0.29) is 5.82 Å². The quantitative estimate of drug-likeness (QED) is 0.800. The minimum atomic E-state index is -0.458. The number of rotatable bonds is 3. The van der Waals surface area contributed by atoms with Crippen molar-refractivity contribution in [1.82, 2.24) is 4.98 Å². The van der Waals surface area contributed by atoms with Gasteiger partial charge in [-0.25, -0.2) is 4.39 Å². The van der Waals surface area contributed by atoms with Gasteiger partial charge in [0.2, 0.25) is 0 Å². The second-order valence-corrected chi connectivity index (χ2v) is 4.82. The van der Waals surface area contributed by atoms with E-state index in [1.54, 1.807) is 19.4 Å². The molecule has 0 aliphatic heterocycles. The largest absolute Gasteiger partial charge is 0.496 e. The van der Waals surface area contributed by atoms with Gasteiger partial charge in [0, 0.05) is 17.1 Å². The van der Waals surface area contributed by atoms with Crippen molar-refractivity contribution in [2.75, 3.05) is 7.11 Å². The molecule has 21 heavy (non-hydrogen) atoms. The van der Waals surface area contributed by atoms with Crippen molar-refractivity contribution in [2.45, 2.75) is 6.04 Å². The normalized spacial score (nSPS) is 12.3. The van der Waals surface area contributed by atoms with Crippen LogP contribution in [0.4, 0.5) is 4.39 Å². The van der Waals surface area contributed by atoms with Gasteiger partial charge in [0.15, 0.2) is 0 Å². The maximum Gasteiger partial charge on any atom is 0.124 e. The molecule has 2 aromatic carbocycles. The maximum atomic E-state index is 13.5. The van der Waals surface area contributed by atoms with Crippen molar-refractivity contribution in [3.05, 3.63) is 71.7 Å². The van der Waals surface area contributed by atoms with Crippen molar-refractivity contribution in [3.8, 4) is 5.75 Å². The van der Waals surface area contributed by atoms with Crippen molar-refractivity contribution >= 4 is 10.9 Å². The minimum Gasteiger partial charge on any atom is -0.496 e. The molecule has 0 radical (unpaired) electrons. The topological polar surface area (TPSA) is 48.1 Å². The van der Waals surface area contributed by atoms with Crippen molar-refractivity contribution < 1.29 is 9.13 Å². The molecule has 3 rings (SSSR count). The smallest absolute Gasteiger partial charge is 0.124 e. The first-order valence-corrected chi connectivity index (χ1v) is 6.63. The Labute approximate surface area is 122 Å². The first-order valence-electron chi connectivity index (χ1n) is 6.63. The standard InChI is InChI=1S/C17H15FN2O/c1-21-16-7-5-13(18)10-14(16)17(19)12-4-6-15-11(9-12)3-2-8-20-15/h2-10,17H,19H2,1H3. The Bertz CT molecular complexity index is 789. The lowest BCUT2D eigenvalue weighted by molar-refractivity contribution is 0.406. The number of pyridine rings is 1. The lowest BCUT2D eigenvalue weighted by Gasteiger charge is -2.16. The predicted octanol–water partition coefficient (Wildman–Crippen LogP) is 3.43. The van der Waals surface area contributed by atoms with Gasteiger partial charge < -0.3 is 10.5 Å². The van der Waals surface area contributed by atoms with E-state index in [1.165, 1.54) is 12.1 Å². The second-order valence-electron chi connectivity index (χ2n) is 4.82. The van der Waals surface area contributed by atoms with Gasteiger partial charge >= 0.3 is 0 Å². The third-order valence-corrected chi connectivity index (χ3v) is 3.51. The van der Waals surface area contributed by atoms with E-state index in [9.17, 15) is 4.39 Å². The van der Waals surface area contributed by atoms with Crippen LogP contribution in [-0.4, -0.2) is 12.1 Å². The van der Waals surface area contributed by atoms with Crippen LogP contribution in [0.1, 0.15) is 17.2 Å². The molecular weight excluding hydrogens is 267 g/mol. The Morgan fingerprint density at radius 2 is 2.00 bits per heavy atom. The fraction of sp³-hybridized carbons (Fsp3) is 0.118. The molecule has 1 atom stereocenters. The van der Waals surface area contributed by atoms with Gasteiger partial charge in [-0.15, -0.1) is 0 Å². The number of nitrogens with two attached hydrogens (primary N) is 1. The lowest BCUT2D eigenvalue weighted by atomic mass is 9.97. The summed E-state index contributed by atoms with van der Waals surface area (Å²) in [6, 6.07) is 13.5. The van der Waals surface area contributed by atoms with Crippen LogP contribution in [0.15, 0.2) is 54.7 Å². The van der Waals surface area contributed by atoms with Crippen molar-refractivity contribution in [2.24, 2.45) is 5.73 Å². The summed E-state index contributed by atoms with van der Waals surface area (Å²) in [6.07, 6.45) is 1.75. The van der Waals surface area contributed by atoms with Gasteiger partial charge in [0.1, 0.15) is 11.6 Å². The van der Waals surface area contributed by atoms with Crippen molar-refractivity contribution in [1.29, 1.82) is 0 Å². The molecule has 0 bridgehead atoms. The average Bonchev–Trinajstić information content (AvgIpc) is 2.53. The van der Waals surface area contributed by atoms with Gasteiger partial charge in [-0.2, -0.15) is 0 Å². The predicted molar refractivity (Wildman–Crippen MR) is 80.7 cm³/mol. The Kier molecular flexibility index (Phi) is 3.54. The van der Waals surface area contributed by atoms with E-state index < -0.39 is 6.04 Å². The molecule has 0 saturated heterocycles.